The van der Waals surface area contributed by atoms with E-state index in [-0.39, 0.29) is 26.6 Å². The summed E-state index contributed by atoms with van der Waals surface area (Å²) in [4.78, 5) is 15.0. The standard InChI is InChI=1S/C23H30I3N4O2/c1-4-13-10-22(32,23(28,29)30)20(15-8-9-18(27)12(2)19(13)15)25-17-7-5-6-14-16(17)11-24-26(3)21(14)31/h5-9,11,13,20,32H,4,10,27-30H2,1-3H3/q-1. The van der Waals surface area contributed by atoms with Crippen LogP contribution in [0.2, 0.25) is 0 Å². The van der Waals surface area contributed by atoms with Crippen LogP contribution in [-0.2, 0) is 0 Å². The number of anilines is 1. The van der Waals surface area contributed by atoms with Crippen molar-refractivity contribution in [3.05, 3.63) is 61.7 Å². The summed E-state index contributed by atoms with van der Waals surface area (Å²) in [7, 11) is 0. The van der Waals surface area contributed by atoms with Crippen molar-refractivity contribution in [1.82, 2.24) is 0 Å². The molecule has 4 rings (SSSR count). The number of hydrogen-bond acceptors (Lipinski definition) is 6. The van der Waals surface area contributed by atoms with Gasteiger partial charge in [-0.25, -0.2) is 0 Å². The molecule has 0 fully saturated rings. The zero-order valence-electron chi connectivity index (χ0n) is 18.3. The van der Waals surface area contributed by atoms with E-state index in [0.29, 0.717) is 10.2 Å². The molecule has 0 radical (unpaired) electrons. The second kappa shape index (κ2) is 9.11. The fourth-order valence-electron chi connectivity index (χ4n) is 4.57. The third-order valence-electron chi connectivity index (χ3n) is 6.49. The number of aliphatic hydroxyl groups is 1. The van der Waals surface area contributed by atoms with Crippen molar-refractivity contribution in [2.75, 3.05) is 10.7 Å². The molecule has 0 spiro atoms. The van der Waals surface area contributed by atoms with Crippen molar-refractivity contribution in [2.24, 2.45) is 17.2 Å². The van der Waals surface area contributed by atoms with E-state index in [1.807, 2.05) is 31.2 Å². The Morgan fingerprint density at radius 1 is 1.28 bits per heavy atom. The van der Waals surface area contributed by atoms with Crippen molar-refractivity contribution in [3.63, 3.8) is 0 Å². The van der Waals surface area contributed by atoms with Crippen molar-refractivity contribution < 1.29 is 31.1 Å². The first kappa shape index (κ1) is 24.9. The fraction of sp³-hybridized carbons (Fsp3) is 0.391. The minimum absolute atomic E-state index is 0.0742. The number of benzene rings is 2. The van der Waals surface area contributed by atoms with E-state index >= 15 is 0 Å². The first-order valence-corrected chi connectivity index (χ1v) is 23.4. The summed E-state index contributed by atoms with van der Waals surface area (Å²) in [5.41, 5.74) is 29.6. The first-order valence-electron chi connectivity index (χ1n) is 10.4. The van der Waals surface area contributed by atoms with Crippen LogP contribution in [-0.4, -0.2) is 29.2 Å². The molecule has 9 heteroatoms. The number of carbonyl (C=O) groups excluding carboxylic acids is 1. The van der Waals surface area contributed by atoms with Crippen LogP contribution < -0.4 is 44.1 Å². The van der Waals surface area contributed by atoms with E-state index in [4.69, 9.17) is 22.9 Å². The molecule has 3 atom stereocenters. The van der Waals surface area contributed by atoms with E-state index in [2.05, 4.69) is 21.9 Å². The van der Waals surface area contributed by atoms with Gasteiger partial charge < -0.3 is 0 Å². The zero-order chi connectivity index (χ0) is 23.4. The van der Waals surface area contributed by atoms with E-state index < -0.39 is 48.4 Å². The first-order chi connectivity index (χ1) is 15.0. The molecule has 0 bridgehead atoms. The van der Waals surface area contributed by atoms with E-state index in [0.717, 1.165) is 37.9 Å². The number of halogens is 3. The predicted molar refractivity (Wildman–Crippen MR) is 145 cm³/mol. The molecule has 0 amide bonds. The van der Waals surface area contributed by atoms with Crippen LogP contribution in [0, 0.1) is 10.5 Å². The number of rotatable bonds is 4. The summed E-state index contributed by atoms with van der Waals surface area (Å²) in [6.07, 6.45) is 1.22. The van der Waals surface area contributed by atoms with Gasteiger partial charge >= 0.3 is 215 Å². The van der Waals surface area contributed by atoms with Gasteiger partial charge in [-0.1, -0.05) is 0 Å². The Morgan fingerprint density at radius 3 is 2.66 bits per heavy atom. The summed E-state index contributed by atoms with van der Waals surface area (Å²) in [6, 6.07) is 9.95. The molecule has 9 N–H and O–H groups in total. The van der Waals surface area contributed by atoms with Crippen molar-refractivity contribution in [2.45, 2.75) is 47.9 Å². The molecule has 0 saturated carbocycles. The Labute approximate surface area is 212 Å². The molecular weight excluding hydrogens is 745 g/mol. The third kappa shape index (κ3) is 4.09. The van der Waals surface area contributed by atoms with Gasteiger partial charge in [0.15, 0.2) is 0 Å². The Bertz CT molecular complexity index is 1120. The topological polar surface area (TPSA) is 141 Å². The number of nitrogen functional groups attached to an aromatic ring is 1. The average Bonchev–Trinajstić information content (AvgIpc) is 2.74. The van der Waals surface area contributed by atoms with Gasteiger partial charge in [0.1, 0.15) is 0 Å². The Balaban J connectivity index is 1.90. The molecule has 3 unspecified atom stereocenters. The fourth-order valence-corrected chi connectivity index (χ4v) is 18.8. The van der Waals surface area contributed by atoms with Gasteiger partial charge in [-0.2, -0.15) is 0 Å². The molecule has 1 aliphatic heterocycles. The zero-order valence-corrected chi connectivity index (χ0v) is 24.8. The summed E-state index contributed by atoms with van der Waals surface area (Å²) < 4.78 is 3.57. The molecule has 6 nitrogen and oxygen atoms in total. The Morgan fingerprint density at radius 2 is 2.00 bits per heavy atom. The van der Waals surface area contributed by atoms with E-state index in [1.165, 1.54) is 5.56 Å². The number of nitrogens with two attached hydrogens (primary N) is 4. The van der Waals surface area contributed by atoms with E-state index in [1.54, 1.807) is 0 Å². The quantitative estimate of drug-likeness (QED) is 0.0980. The Hall–Kier alpha value is -0.190. The van der Waals surface area contributed by atoms with Crippen LogP contribution in [0.3, 0.4) is 0 Å². The van der Waals surface area contributed by atoms with Crippen molar-refractivity contribution >= 4 is 46.1 Å². The molecular formula is C23H30I3N4O2-. The molecule has 0 saturated heterocycles. The Kier molecular flexibility index (Phi) is 7.10. The normalized spacial score (nSPS) is 26.5. The molecule has 1 aliphatic carbocycles. The van der Waals surface area contributed by atoms with Crippen LogP contribution in [0.15, 0.2) is 30.3 Å². The number of alkyl halides is 2. The van der Waals surface area contributed by atoms with Gasteiger partial charge in [0.05, 0.1) is 0 Å². The molecule has 32 heavy (non-hydrogen) atoms. The second-order valence-corrected chi connectivity index (χ2v) is 27.3. The maximum absolute atomic E-state index is 12.9. The van der Waals surface area contributed by atoms with Crippen molar-refractivity contribution in [3.8, 4) is 0 Å². The summed E-state index contributed by atoms with van der Waals surface area (Å²) in [5.74, 6) is -1.67. The summed E-state index contributed by atoms with van der Waals surface area (Å²) >= 11 is -2.51. The molecule has 1 heterocycles. The summed E-state index contributed by atoms with van der Waals surface area (Å²) in [6.45, 7) is 4.15. The molecule has 2 aromatic carbocycles. The van der Waals surface area contributed by atoms with Gasteiger partial charge in [-0.15, -0.1) is 0 Å². The average molecular weight is 775 g/mol. The molecule has 0 aromatic heterocycles. The van der Waals surface area contributed by atoms with Gasteiger partial charge in [0.2, 0.25) is 0 Å². The van der Waals surface area contributed by atoms with Crippen LogP contribution in [0.5, 0.6) is 0 Å². The third-order valence-corrected chi connectivity index (χ3v) is 22.7. The molecule has 2 aromatic rings. The molecule has 2 aliphatic rings. The second-order valence-electron chi connectivity index (χ2n) is 8.49. The van der Waals surface area contributed by atoms with Gasteiger partial charge in [0, 0.05) is 0 Å². The van der Waals surface area contributed by atoms with Gasteiger partial charge in [-0.3, -0.25) is 0 Å². The molecule has 176 valence electrons. The van der Waals surface area contributed by atoms with Crippen LogP contribution >= 0.6 is 32.6 Å². The van der Waals surface area contributed by atoms with E-state index in [9.17, 15) is 9.90 Å². The predicted octanol–water partition coefficient (Wildman–Crippen LogP) is 0.0614. The van der Waals surface area contributed by atoms with Crippen LogP contribution in [0.4, 0.5) is 5.69 Å². The van der Waals surface area contributed by atoms with Gasteiger partial charge in [-0.05, 0) is 0 Å². The van der Waals surface area contributed by atoms with Crippen LogP contribution in [0.25, 0.3) is 0 Å². The van der Waals surface area contributed by atoms with Crippen LogP contribution in [0.1, 0.15) is 62.2 Å². The monoisotopic (exact) mass is 775 g/mol. The minimum atomic E-state index is -1.75. The number of hydrogen-bond donors (Lipinski definition) is 5. The SMILES string of the molecule is CCC1CC(O)(C(N)(N)N)C([I-]c2cccc3c2C=II(C)C3=O)c2ccc(N)c(C)c21. The summed E-state index contributed by atoms with van der Waals surface area (Å²) in [5, 5.41) is 12.0. The van der Waals surface area contributed by atoms with Crippen molar-refractivity contribution in [1.29, 1.82) is 0 Å². The number of fused-ring (bicyclic) bond motifs is 2. The number of carbonyl (C=O) groups is 1. The maximum atomic E-state index is 12.9. The van der Waals surface area contributed by atoms with Gasteiger partial charge in [0.25, 0.3) is 0 Å².